The van der Waals surface area contributed by atoms with Gasteiger partial charge < -0.3 is 10.3 Å². The number of aromatic amines is 1. The molecule has 10 heteroatoms. The van der Waals surface area contributed by atoms with Crippen molar-refractivity contribution in [2.24, 2.45) is 0 Å². The first kappa shape index (κ1) is 18.7. The fourth-order valence-electron chi connectivity index (χ4n) is 2.56. The molecule has 0 radical (unpaired) electrons. The number of carbonyl (C=O) groups is 1. The zero-order chi connectivity index (χ0) is 20.3. The average molecular weight is 381 g/mol. The van der Waals surface area contributed by atoms with Crippen LogP contribution >= 0.6 is 0 Å². The fourth-order valence-corrected chi connectivity index (χ4v) is 2.56. The summed E-state index contributed by atoms with van der Waals surface area (Å²) in [5, 5.41) is 13.3. The number of aryl methyl sites for hydroxylation is 1. The molecule has 2 N–H and O–H groups in total. The van der Waals surface area contributed by atoms with Gasteiger partial charge in [0.15, 0.2) is 0 Å². The number of nitro groups is 1. The number of hydrogen-bond acceptors (Lipinski definition) is 6. The molecule has 0 saturated heterocycles. The highest BCUT2D eigenvalue weighted by Gasteiger charge is 2.17. The van der Waals surface area contributed by atoms with Gasteiger partial charge in [0.2, 0.25) is 0 Å². The van der Waals surface area contributed by atoms with Crippen molar-refractivity contribution in [2.45, 2.75) is 13.5 Å². The van der Waals surface area contributed by atoms with E-state index >= 15 is 0 Å². The standard InChI is InChI=1S/C18H15N5O5/c1-11-8-13(23(27)28)5-6-15(11)21-16(24)14-9-20-18(26)22(17(14)25)10-12-4-2-3-7-19-12/h2-9H,10H2,1H3,(H,20,26)(H,21,24). The molecule has 0 aliphatic rings. The summed E-state index contributed by atoms with van der Waals surface area (Å²) in [7, 11) is 0. The van der Waals surface area contributed by atoms with E-state index in [9.17, 15) is 24.5 Å². The zero-order valence-corrected chi connectivity index (χ0v) is 14.7. The van der Waals surface area contributed by atoms with Crippen molar-refractivity contribution in [1.82, 2.24) is 14.5 Å². The summed E-state index contributed by atoms with van der Waals surface area (Å²) in [6, 6.07) is 9.00. The van der Waals surface area contributed by atoms with Crippen molar-refractivity contribution in [3.8, 4) is 0 Å². The summed E-state index contributed by atoms with van der Waals surface area (Å²) < 4.78 is 0.875. The van der Waals surface area contributed by atoms with Crippen LogP contribution in [0.1, 0.15) is 21.6 Å². The largest absolute Gasteiger partial charge is 0.328 e. The number of nitro benzene ring substituents is 1. The second kappa shape index (κ2) is 7.66. The number of nitrogens with zero attached hydrogens (tertiary/aromatic N) is 3. The van der Waals surface area contributed by atoms with E-state index in [1.165, 1.54) is 24.4 Å². The molecule has 2 heterocycles. The fraction of sp³-hybridized carbons (Fsp3) is 0.111. The van der Waals surface area contributed by atoms with Crippen LogP contribution in [0.3, 0.4) is 0 Å². The van der Waals surface area contributed by atoms with Gasteiger partial charge in [0.25, 0.3) is 17.2 Å². The number of H-pyrrole nitrogens is 1. The van der Waals surface area contributed by atoms with E-state index in [4.69, 9.17) is 0 Å². The summed E-state index contributed by atoms with van der Waals surface area (Å²) in [6.45, 7) is 1.50. The van der Waals surface area contributed by atoms with Crippen molar-refractivity contribution >= 4 is 17.3 Å². The lowest BCUT2D eigenvalue weighted by Crippen LogP contribution is -2.39. The van der Waals surface area contributed by atoms with Crippen LogP contribution in [0.25, 0.3) is 0 Å². The second-order valence-corrected chi connectivity index (χ2v) is 5.93. The van der Waals surface area contributed by atoms with Crippen LogP contribution in [0.15, 0.2) is 58.4 Å². The van der Waals surface area contributed by atoms with Gasteiger partial charge in [-0.1, -0.05) is 6.07 Å². The smallest absolute Gasteiger partial charge is 0.322 e. The topological polar surface area (TPSA) is 140 Å². The third kappa shape index (κ3) is 3.85. The Hall–Kier alpha value is -4.08. The number of rotatable bonds is 5. The van der Waals surface area contributed by atoms with E-state index < -0.39 is 22.1 Å². The maximum atomic E-state index is 12.6. The third-order valence-corrected chi connectivity index (χ3v) is 4.02. The van der Waals surface area contributed by atoms with E-state index in [-0.39, 0.29) is 17.8 Å². The van der Waals surface area contributed by atoms with E-state index in [2.05, 4.69) is 15.3 Å². The molecule has 3 rings (SSSR count). The molecule has 3 aromatic rings. The van der Waals surface area contributed by atoms with Gasteiger partial charge in [0.1, 0.15) is 5.56 Å². The maximum absolute atomic E-state index is 12.6. The van der Waals surface area contributed by atoms with Crippen LogP contribution in [0.2, 0.25) is 0 Å². The number of nitrogens with one attached hydrogen (secondary N) is 2. The lowest BCUT2D eigenvalue weighted by Gasteiger charge is -2.09. The minimum Gasteiger partial charge on any atom is -0.322 e. The van der Waals surface area contributed by atoms with E-state index in [0.29, 0.717) is 16.9 Å². The zero-order valence-electron chi connectivity index (χ0n) is 14.7. The summed E-state index contributed by atoms with van der Waals surface area (Å²) in [4.78, 5) is 53.9. The number of aromatic nitrogens is 3. The Labute approximate surface area is 157 Å². The van der Waals surface area contributed by atoms with Crippen LogP contribution in [-0.2, 0) is 6.54 Å². The van der Waals surface area contributed by atoms with Gasteiger partial charge in [-0.05, 0) is 30.7 Å². The normalized spacial score (nSPS) is 10.5. The van der Waals surface area contributed by atoms with Crippen LogP contribution in [-0.4, -0.2) is 25.4 Å². The molecule has 0 fully saturated rings. The highest BCUT2D eigenvalue weighted by atomic mass is 16.6. The van der Waals surface area contributed by atoms with Crippen LogP contribution in [0.5, 0.6) is 0 Å². The van der Waals surface area contributed by atoms with Gasteiger partial charge in [-0.15, -0.1) is 0 Å². The predicted octanol–water partition coefficient (Wildman–Crippen LogP) is 1.45. The highest BCUT2D eigenvalue weighted by molar-refractivity contribution is 6.04. The van der Waals surface area contributed by atoms with Gasteiger partial charge in [-0.3, -0.25) is 29.3 Å². The average Bonchev–Trinajstić information content (AvgIpc) is 2.67. The Bertz CT molecular complexity index is 1170. The number of anilines is 1. The van der Waals surface area contributed by atoms with Gasteiger partial charge in [0.05, 0.1) is 17.2 Å². The summed E-state index contributed by atoms with van der Waals surface area (Å²) in [5.41, 5.74) is -0.562. The Morgan fingerprint density at radius 1 is 1.29 bits per heavy atom. The van der Waals surface area contributed by atoms with Gasteiger partial charge in [-0.25, -0.2) is 4.79 Å². The van der Waals surface area contributed by atoms with Crippen LogP contribution in [0.4, 0.5) is 11.4 Å². The molecule has 0 aliphatic carbocycles. The first-order chi connectivity index (χ1) is 13.4. The predicted molar refractivity (Wildman–Crippen MR) is 100 cm³/mol. The maximum Gasteiger partial charge on any atom is 0.328 e. The van der Waals surface area contributed by atoms with Crippen molar-refractivity contribution < 1.29 is 9.72 Å². The summed E-state index contributed by atoms with van der Waals surface area (Å²) in [6.07, 6.45) is 2.57. The third-order valence-electron chi connectivity index (χ3n) is 4.02. The van der Waals surface area contributed by atoms with Crippen molar-refractivity contribution in [3.05, 3.63) is 96.6 Å². The first-order valence-corrected chi connectivity index (χ1v) is 8.15. The van der Waals surface area contributed by atoms with E-state index in [1.807, 2.05) is 0 Å². The highest BCUT2D eigenvalue weighted by Crippen LogP contribution is 2.21. The summed E-state index contributed by atoms with van der Waals surface area (Å²) >= 11 is 0. The molecule has 1 amide bonds. The van der Waals surface area contributed by atoms with Crippen molar-refractivity contribution in [2.75, 3.05) is 5.32 Å². The Morgan fingerprint density at radius 3 is 2.71 bits per heavy atom. The Kier molecular flexibility index (Phi) is 5.12. The number of carbonyl (C=O) groups excluding carboxylic acids is 1. The van der Waals surface area contributed by atoms with E-state index in [0.717, 1.165) is 10.8 Å². The Balaban J connectivity index is 1.91. The number of amides is 1. The Morgan fingerprint density at radius 2 is 2.07 bits per heavy atom. The molecule has 0 bridgehead atoms. The summed E-state index contributed by atoms with van der Waals surface area (Å²) in [5.74, 6) is -0.743. The van der Waals surface area contributed by atoms with Gasteiger partial charge in [-0.2, -0.15) is 0 Å². The molecule has 142 valence electrons. The lowest BCUT2D eigenvalue weighted by atomic mass is 10.1. The molecule has 28 heavy (non-hydrogen) atoms. The molecule has 2 aromatic heterocycles. The van der Waals surface area contributed by atoms with Crippen LogP contribution in [0, 0.1) is 17.0 Å². The SMILES string of the molecule is Cc1cc([N+](=O)[O-])ccc1NC(=O)c1c[nH]c(=O)n(Cc2ccccn2)c1=O. The van der Waals surface area contributed by atoms with Gasteiger partial charge in [0, 0.05) is 30.2 Å². The molecule has 0 aliphatic heterocycles. The minimum absolute atomic E-state index is 0.0906. The molecule has 0 unspecified atom stereocenters. The van der Waals surface area contributed by atoms with Crippen molar-refractivity contribution in [3.63, 3.8) is 0 Å². The second-order valence-electron chi connectivity index (χ2n) is 5.93. The van der Waals surface area contributed by atoms with E-state index in [1.54, 1.807) is 25.1 Å². The number of pyridine rings is 1. The minimum atomic E-state index is -0.772. The molecule has 0 spiro atoms. The lowest BCUT2D eigenvalue weighted by molar-refractivity contribution is -0.384. The number of benzene rings is 1. The van der Waals surface area contributed by atoms with Gasteiger partial charge >= 0.3 is 5.69 Å². The number of hydrogen-bond donors (Lipinski definition) is 2. The molecular weight excluding hydrogens is 366 g/mol. The number of non-ortho nitro benzene ring substituents is 1. The molecule has 0 atom stereocenters. The molecule has 0 saturated carbocycles. The molecule has 1 aromatic carbocycles. The molecular formula is C18H15N5O5. The van der Waals surface area contributed by atoms with Crippen LogP contribution < -0.4 is 16.6 Å². The van der Waals surface area contributed by atoms with Crippen molar-refractivity contribution in [1.29, 1.82) is 0 Å². The molecule has 10 nitrogen and oxygen atoms in total. The first-order valence-electron chi connectivity index (χ1n) is 8.15. The monoisotopic (exact) mass is 381 g/mol. The quantitative estimate of drug-likeness (QED) is 0.506.